The van der Waals surface area contributed by atoms with E-state index < -0.39 is 0 Å². The number of nitrogens with zero attached hydrogens (tertiary/aromatic N) is 1. The van der Waals surface area contributed by atoms with E-state index in [-0.39, 0.29) is 0 Å². The number of nitrogens with one attached hydrogen (secondary N) is 1. The van der Waals surface area contributed by atoms with Crippen LogP contribution in [0.1, 0.15) is 5.56 Å². The summed E-state index contributed by atoms with van der Waals surface area (Å²) in [6, 6.07) is 7.97. The van der Waals surface area contributed by atoms with Crippen molar-refractivity contribution in [1.82, 2.24) is 10.3 Å². The fraction of sp³-hybridized carbons (Fsp3) is 0.182. The first-order valence-corrected chi connectivity index (χ1v) is 6.47. The Morgan fingerprint density at radius 2 is 2.12 bits per heavy atom. The first-order chi connectivity index (χ1) is 7.78. The molecule has 84 valence electrons. The van der Waals surface area contributed by atoms with Gasteiger partial charge in [-0.25, -0.2) is 0 Å². The average molecular weight is 299 g/mol. The van der Waals surface area contributed by atoms with Crippen molar-refractivity contribution in [2.24, 2.45) is 0 Å². The molecule has 1 N–H and O–H groups in total. The SMILES string of the molecule is CNCc1ccc(Oc2nc(Br)cs2)cc1. The number of halogens is 1. The van der Waals surface area contributed by atoms with Crippen LogP contribution in [0.25, 0.3) is 0 Å². The molecule has 5 heteroatoms. The van der Waals surface area contributed by atoms with Crippen LogP contribution in [0.5, 0.6) is 10.9 Å². The maximum Gasteiger partial charge on any atom is 0.279 e. The molecule has 0 spiro atoms. The number of benzene rings is 1. The van der Waals surface area contributed by atoms with Crippen LogP contribution in [0.2, 0.25) is 0 Å². The predicted octanol–water partition coefficient (Wildman–Crippen LogP) is 3.42. The third-order valence-corrected chi connectivity index (χ3v) is 3.39. The molecule has 0 radical (unpaired) electrons. The largest absolute Gasteiger partial charge is 0.431 e. The summed E-state index contributed by atoms with van der Waals surface area (Å²) in [5.74, 6) is 0.807. The van der Waals surface area contributed by atoms with Crippen LogP contribution in [-0.4, -0.2) is 12.0 Å². The fourth-order valence-corrected chi connectivity index (χ4v) is 2.37. The van der Waals surface area contributed by atoms with Crippen LogP contribution in [-0.2, 0) is 6.54 Å². The van der Waals surface area contributed by atoms with Crippen LogP contribution in [0.4, 0.5) is 0 Å². The molecule has 0 unspecified atom stereocenters. The molecule has 1 heterocycles. The van der Waals surface area contributed by atoms with Gasteiger partial charge in [0, 0.05) is 11.9 Å². The Bertz CT molecular complexity index is 455. The van der Waals surface area contributed by atoms with Crippen molar-refractivity contribution in [1.29, 1.82) is 0 Å². The minimum absolute atomic E-state index is 0.647. The quantitative estimate of drug-likeness (QED) is 0.939. The molecular weight excluding hydrogens is 288 g/mol. The highest BCUT2D eigenvalue weighted by molar-refractivity contribution is 9.10. The highest BCUT2D eigenvalue weighted by Gasteiger charge is 2.02. The van der Waals surface area contributed by atoms with Crippen LogP contribution in [0.15, 0.2) is 34.2 Å². The Morgan fingerprint density at radius 3 is 2.69 bits per heavy atom. The number of hydrogen-bond acceptors (Lipinski definition) is 4. The lowest BCUT2D eigenvalue weighted by Gasteiger charge is -2.03. The third-order valence-electron chi connectivity index (χ3n) is 1.96. The molecule has 0 aliphatic rings. The Hall–Kier alpha value is -0.910. The van der Waals surface area contributed by atoms with E-state index in [0.717, 1.165) is 16.9 Å². The van der Waals surface area contributed by atoms with Crippen molar-refractivity contribution in [2.45, 2.75) is 6.54 Å². The highest BCUT2D eigenvalue weighted by atomic mass is 79.9. The van der Waals surface area contributed by atoms with Crippen molar-refractivity contribution < 1.29 is 4.74 Å². The molecule has 0 aliphatic carbocycles. The van der Waals surface area contributed by atoms with Gasteiger partial charge in [0.15, 0.2) is 0 Å². The molecule has 0 bridgehead atoms. The van der Waals surface area contributed by atoms with Gasteiger partial charge in [-0.3, -0.25) is 0 Å². The van der Waals surface area contributed by atoms with Gasteiger partial charge in [0.2, 0.25) is 0 Å². The van der Waals surface area contributed by atoms with E-state index in [1.165, 1.54) is 16.9 Å². The summed E-state index contributed by atoms with van der Waals surface area (Å²) in [5.41, 5.74) is 1.23. The smallest absolute Gasteiger partial charge is 0.279 e. The molecule has 0 saturated carbocycles. The normalized spacial score (nSPS) is 10.4. The Kier molecular flexibility index (Phi) is 3.93. The Balaban J connectivity index is 2.05. The standard InChI is InChI=1S/C11H11BrN2OS/c1-13-6-8-2-4-9(5-3-8)15-11-14-10(12)7-16-11/h2-5,7,13H,6H2,1H3. The molecule has 0 atom stereocenters. The molecule has 1 aromatic carbocycles. The van der Waals surface area contributed by atoms with Crippen molar-refractivity contribution in [3.05, 3.63) is 39.8 Å². The zero-order valence-electron chi connectivity index (χ0n) is 8.74. The monoisotopic (exact) mass is 298 g/mol. The lowest BCUT2D eigenvalue weighted by atomic mass is 10.2. The van der Waals surface area contributed by atoms with E-state index in [2.05, 4.69) is 26.2 Å². The maximum atomic E-state index is 5.59. The summed E-state index contributed by atoms with van der Waals surface area (Å²) in [4.78, 5) is 4.17. The van der Waals surface area contributed by atoms with Crippen molar-refractivity contribution in [3.63, 3.8) is 0 Å². The zero-order chi connectivity index (χ0) is 11.4. The Morgan fingerprint density at radius 1 is 1.38 bits per heavy atom. The molecule has 0 aliphatic heterocycles. The molecule has 2 aromatic rings. The maximum absolute atomic E-state index is 5.59. The van der Waals surface area contributed by atoms with Crippen LogP contribution in [0, 0.1) is 0 Å². The first kappa shape index (κ1) is 11.6. The summed E-state index contributed by atoms with van der Waals surface area (Å²) >= 11 is 4.75. The Labute approximate surface area is 107 Å². The summed E-state index contributed by atoms with van der Waals surface area (Å²) in [6.45, 7) is 0.864. The fourth-order valence-electron chi connectivity index (χ4n) is 1.27. The van der Waals surface area contributed by atoms with Gasteiger partial charge < -0.3 is 10.1 Å². The lowest BCUT2D eigenvalue weighted by Crippen LogP contribution is -2.04. The van der Waals surface area contributed by atoms with Crippen molar-refractivity contribution in [3.8, 4) is 10.9 Å². The molecule has 3 nitrogen and oxygen atoms in total. The predicted molar refractivity (Wildman–Crippen MR) is 69.1 cm³/mol. The van der Waals surface area contributed by atoms with Crippen molar-refractivity contribution >= 4 is 27.3 Å². The average Bonchev–Trinajstić information content (AvgIpc) is 2.67. The van der Waals surface area contributed by atoms with Gasteiger partial charge in [0.05, 0.1) is 0 Å². The van der Waals surface area contributed by atoms with E-state index in [4.69, 9.17) is 4.74 Å². The molecule has 16 heavy (non-hydrogen) atoms. The van der Waals surface area contributed by atoms with Crippen LogP contribution < -0.4 is 10.1 Å². The van der Waals surface area contributed by atoms with E-state index in [1.807, 2.05) is 36.7 Å². The number of hydrogen-bond donors (Lipinski definition) is 1. The number of aromatic nitrogens is 1. The molecule has 0 amide bonds. The van der Waals surface area contributed by atoms with E-state index in [1.54, 1.807) is 0 Å². The summed E-state index contributed by atoms with van der Waals surface area (Å²) in [6.07, 6.45) is 0. The minimum atomic E-state index is 0.647. The second-order valence-electron chi connectivity index (χ2n) is 3.21. The third kappa shape index (κ3) is 3.04. The molecule has 0 fully saturated rings. The van der Waals surface area contributed by atoms with Crippen LogP contribution in [0.3, 0.4) is 0 Å². The van der Waals surface area contributed by atoms with Crippen molar-refractivity contribution in [2.75, 3.05) is 7.05 Å². The van der Waals surface area contributed by atoms with Gasteiger partial charge in [-0.2, -0.15) is 4.98 Å². The lowest BCUT2D eigenvalue weighted by molar-refractivity contribution is 0.478. The summed E-state index contributed by atoms with van der Waals surface area (Å²) < 4.78 is 6.39. The zero-order valence-corrected chi connectivity index (χ0v) is 11.1. The molecule has 1 aromatic heterocycles. The first-order valence-electron chi connectivity index (χ1n) is 4.80. The summed E-state index contributed by atoms with van der Waals surface area (Å²) in [7, 11) is 1.93. The number of rotatable bonds is 4. The van der Waals surface area contributed by atoms with Crippen LogP contribution >= 0.6 is 27.3 Å². The second kappa shape index (κ2) is 5.43. The van der Waals surface area contributed by atoms with E-state index >= 15 is 0 Å². The topological polar surface area (TPSA) is 34.1 Å². The number of thiazole rings is 1. The van der Waals surface area contributed by atoms with Gasteiger partial charge in [-0.15, -0.1) is 0 Å². The molecule has 2 rings (SSSR count). The summed E-state index contributed by atoms with van der Waals surface area (Å²) in [5, 5.41) is 5.64. The van der Waals surface area contributed by atoms with E-state index in [0.29, 0.717) is 5.19 Å². The van der Waals surface area contributed by atoms with Gasteiger partial charge >= 0.3 is 0 Å². The van der Waals surface area contributed by atoms with Gasteiger partial charge in [-0.1, -0.05) is 23.5 Å². The van der Waals surface area contributed by atoms with Gasteiger partial charge in [0.1, 0.15) is 10.4 Å². The second-order valence-corrected chi connectivity index (χ2v) is 4.85. The molecule has 0 saturated heterocycles. The van der Waals surface area contributed by atoms with Gasteiger partial charge in [-0.05, 0) is 40.7 Å². The highest BCUT2D eigenvalue weighted by Crippen LogP contribution is 2.27. The molecular formula is C11H11BrN2OS. The number of ether oxygens (including phenoxy) is 1. The van der Waals surface area contributed by atoms with Gasteiger partial charge in [0.25, 0.3) is 5.19 Å². The minimum Gasteiger partial charge on any atom is -0.431 e. The van der Waals surface area contributed by atoms with E-state index in [9.17, 15) is 0 Å².